The predicted molar refractivity (Wildman–Crippen MR) is 68.3 cm³/mol. The van der Waals surface area contributed by atoms with Crippen LogP contribution in [0.1, 0.15) is 25.7 Å². The number of hydrogen-bond donors (Lipinski definition) is 3. The molecule has 1 aliphatic rings. The summed E-state index contributed by atoms with van der Waals surface area (Å²) in [6, 6.07) is 0.334. The van der Waals surface area contributed by atoms with E-state index in [1.54, 1.807) is 6.20 Å². The number of rotatable bonds is 7. The molecule has 2 amide bonds. The molecular weight excluding hydrogens is 248 g/mol. The Bertz CT molecular complexity index is 454. The number of aliphatic hydroxyl groups excluding tert-OH is 1. The largest absolute Gasteiger partial charge is 0.396 e. The highest BCUT2D eigenvalue weighted by Gasteiger charge is 2.23. The Morgan fingerprint density at radius 2 is 2.21 bits per heavy atom. The molecule has 0 aliphatic heterocycles. The summed E-state index contributed by atoms with van der Waals surface area (Å²) >= 11 is 0. The second-order valence-corrected chi connectivity index (χ2v) is 4.64. The number of amides is 2. The third-order valence-electron chi connectivity index (χ3n) is 2.73. The number of carbonyl (C=O) groups excluding carboxylic acids is 2. The van der Waals surface area contributed by atoms with Crippen molar-refractivity contribution < 1.29 is 14.7 Å². The van der Waals surface area contributed by atoms with Crippen LogP contribution in [0.25, 0.3) is 0 Å². The molecule has 1 aliphatic carbocycles. The highest BCUT2D eigenvalue weighted by molar-refractivity contribution is 5.90. The van der Waals surface area contributed by atoms with Gasteiger partial charge in [0, 0.05) is 25.3 Å². The summed E-state index contributed by atoms with van der Waals surface area (Å²) in [5, 5.41) is 18.2. The number of nitrogens with zero attached hydrogens (tertiary/aromatic N) is 2. The molecule has 0 saturated heterocycles. The normalized spacial score (nSPS) is 14.2. The van der Waals surface area contributed by atoms with Crippen LogP contribution in [-0.2, 0) is 16.1 Å². The Labute approximate surface area is 111 Å². The van der Waals surface area contributed by atoms with Crippen molar-refractivity contribution in [3.63, 3.8) is 0 Å². The lowest BCUT2D eigenvalue weighted by atomic mass is 10.3. The van der Waals surface area contributed by atoms with Gasteiger partial charge in [0.25, 0.3) is 0 Å². The van der Waals surface area contributed by atoms with Crippen molar-refractivity contribution in [3.8, 4) is 0 Å². The smallest absolute Gasteiger partial charge is 0.241 e. The molecule has 1 aromatic rings. The Morgan fingerprint density at radius 1 is 1.42 bits per heavy atom. The molecular formula is C12H18N4O3. The number of carbonyl (C=O) groups is 2. The van der Waals surface area contributed by atoms with E-state index in [-0.39, 0.29) is 31.4 Å². The van der Waals surface area contributed by atoms with Gasteiger partial charge < -0.3 is 15.7 Å². The first kappa shape index (κ1) is 13.5. The van der Waals surface area contributed by atoms with E-state index in [1.807, 2.05) is 0 Å². The van der Waals surface area contributed by atoms with E-state index < -0.39 is 0 Å². The molecule has 0 atom stereocenters. The van der Waals surface area contributed by atoms with E-state index in [0.29, 0.717) is 18.2 Å². The number of aliphatic hydroxyl groups is 1. The SMILES string of the molecule is O=C(CCCO)Nc1cnn(CC(=O)NC2CC2)c1. The molecule has 1 heterocycles. The second-order valence-electron chi connectivity index (χ2n) is 4.64. The van der Waals surface area contributed by atoms with E-state index in [0.717, 1.165) is 12.8 Å². The van der Waals surface area contributed by atoms with Gasteiger partial charge in [-0.05, 0) is 19.3 Å². The van der Waals surface area contributed by atoms with Crippen molar-refractivity contribution in [2.24, 2.45) is 0 Å². The Morgan fingerprint density at radius 3 is 2.89 bits per heavy atom. The fourth-order valence-corrected chi connectivity index (χ4v) is 1.63. The van der Waals surface area contributed by atoms with Crippen LogP contribution in [0, 0.1) is 0 Å². The Kier molecular flexibility index (Phi) is 4.51. The summed E-state index contributed by atoms with van der Waals surface area (Å²) < 4.78 is 1.49. The first-order valence-corrected chi connectivity index (χ1v) is 6.40. The fraction of sp³-hybridized carbons (Fsp3) is 0.583. The lowest BCUT2D eigenvalue weighted by Crippen LogP contribution is -2.29. The summed E-state index contributed by atoms with van der Waals surface area (Å²) in [6.07, 6.45) is 5.92. The van der Waals surface area contributed by atoms with Gasteiger partial charge in [-0.15, -0.1) is 0 Å². The van der Waals surface area contributed by atoms with Crippen LogP contribution in [0.2, 0.25) is 0 Å². The highest BCUT2D eigenvalue weighted by atomic mass is 16.3. The third kappa shape index (κ3) is 4.70. The number of nitrogens with one attached hydrogen (secondary N) is 2. The van der Waals surface area contributed by atoms with Crippen molar-refractivity contribution >= 4 is 17.5 Å². The zero-order chi connectivity index (χ0) is 13.7. The minimum absolute atomic E-state index is 0.00593. The molecule has 1 fully saturated rings. The minimum Gasteiger partial charge on any atom is -0.396 e. The van der Waals surface area contributed by atoms with Gasteiger partial charge >= 0.3 is 0 Å². The maximum Gasteiger partial charge on any atom is 0.241 e. The van der Waals surface area contributed by atoms with Crippen LogP contribution in [0.15, 0.2) is 12.4 Å². The van der Waals surface area contributed by atoms with E-state index in [4.69, 9.17) is 5.11 Å². The molecule has 104 valence electrons. The van der Waals surface area contributed by atoms with Crippen molar-refractivity contribution in [2.45, 2.75) is 38.3 Å². The fourth-order valence-electron chi connectivity index (χ4n) is 1.63. The zero-order valence-corrected chi connectivity index (χ0v) is 10.6. The molecule has 0 unspecified atom stereocenters. The topological polar surface area (TPSA) is 96.2 Å². The van der Waals surface area contributed by atoms with E-state index in [2.05, 4.69) is 15.7 Å². The van der Waals surface area contributed by atoms with Crippen LogP contribution in [0.4, 0.5) is 5.69 Å². The van der Waals surface area contributed by atoms with Crippen LogP contribution in [0.3, 0.4) is 0 Å². The van der Waals surface area contributed by atoms with Gasteiger partial charge in [-0.2, -0.15) is 5.10 Å². The predicted octanol–water partition coefficient (Wildman–Crippen LogP) is -0.127. The van der Waals surface area contributed by atoms with Gasteiger partial charge in [0.15, 0.2) is 0 Å². The van der Waals surface area contributed by atoms with Gasteiger partial charge in [-0.3, -0.25) is 14.3 Å². The van der Waals surface area contributed by atoms with Gasteiger partial charge in [0.1, 0.15) is 6.54 Å². The van der Waals surface area contributed by atoms with Crippen LogP contribution in [0.5, 0.6) is 0 Å². The number of anilines is 1. The van der Waals surface area contributed by atoms with Gasteiger partial charge in [0.2, 0.25) is 11.8 Å². The van der Waals surface area contributed by atoms with E-state index >= 15 is 0 Å². The van der Waals surface area contributed by atoms with Gasteiger partial charge in [-0.1, -0.05) is 0 Å². The molecule has 1 aromatic heterocycles. The first-order chi connectivity index (χ1) is 9.17. The summed E-state index contributed by atoms with van der Waals surface area (Å²) in [7, 11) is 0. The second kappa shape index (κ2) is 6.33. The standard InChI is InChI=1S/C12H18N4O3/c17-5-1-2-11(18)15-10-6-13-16(7-10)8-12(19)14-9-3-4-9/h6-7,9,17H,1-5,8H2,(H,14,19)(H,15,18). The summed E-state index contributed by atoms with van der Waals surface area (Å²) in [4.78, 5) is 23.0. The monoisotopic (exact) mass is 266 g/mol. The highest BCUT2D eigenvalue weighted by Crippen LogP contribution is 2.18. The number of hydrogen-bond acceptors (Lipinski definition) is 4. The quantitative estimate of drug-likeness (QED) is 0.640. The van der Waals surface area contributed by atoms with Gasteiger partial charge in [0.05, 0.1) is 11.9 Å². The summed E-state index contributed by atoms with van der Waals surface area (Å²) in [6.45, 7) is 0.150. The summed E-state index contributed by atoms with van der Waals surface area (Å²) in [5.41, 5.74) is 0.558. The van der Waals surface area contributed by atoms with Crippen molar-refractivity contribution in [1.82, 2.24) is 15.1 Å². The zero-order valence-electron chi connectivity index (χ0n) is 10.6. The van der Waals surface area contributed by atoms with Crippen LogP contribution in [-0.4, -0.2) is 39.4 Å². The minimum atomic E-state index is -0.170. The molecule has 7 nitrogen and oxygen atoms in total. The molecule has 2 rings (SSSR count). The molecule has 3 N–H and O–H groups in total. The van der Waals surface area contributed by atoms with E-state index in [1.165, 1.54) is 10.9 Å². The maximum absolute atomic E-state index is 11.5. The molecule has 19 heavy (non-hydrogen) atoms. The first-order valence-electron chi connectivity index (χ1n) is 6.40. The van der Waals surface area contributed by atoms with Crippen LogP contribution < -0.4 is 10.6 Å². The van der Waals surface area contributed by atoms with Crippen molar-refractivity contribution in [3.05, 3.63) is 12.4 Å². The number of aromatic nitrogens is 2. The molecule has 0 spiro atoms. The molecule has 7 heteroatoms. The average molecular weight is 266 g/mol. The van der Waals surface area contributed by atoms with Crippen molar-refractivity contribution in [1.29, 1.82) is 0 Å². The molecule has 0 bridgehead atoms. The van der Waals surface area contributed by atoms with E-state index in [9.17, 15) is 9.59 Å². The third-order valence-corrected chi connectivity index (χ3v) is 2.73. The van der Waals surface area contributed by atoms with Crippen molar-refractivity contribution in [2.75, 3.05) is 11.9 Å². The Hall–Kier alpha value is -1.89. The van der Waals surface area contributed by atoms with Crippen LogP contribution >= 0.6 is 0 Å². The maximum atomic E-state index is 11.5. The molecule has 0 radical (unpaired) electrons. The summed E-state index contributed by atoms with van der Waals surface area (Å²) in [5.74, 6) is -0.236. The lowest BCUT2D eigenvalue weighted by Gasteiger charge is -2.03. The average Bonchev–Trinajstić information content (AvgIpc) is 3.07. The van der Waals surface area contributed by atoms with Gasteiger partial charge in [-0.25, -0.2) is 0 Å². The lowest BCUT2D eigenvalue weighted by molar-refractivity contribution is -0.122. The molecule has 0 aromatic carbocycles. The Balaban J connectivity index is 1.77. The molecule has 1 saturated carbocycles.